The van der Waals surface area contributed by atoms with E-state index in [4.69, 9.17) is 0 Å². The van der Waals surface area contributed by atoms with Crippen molar-refractivity contribution in [2.75, 3.05) is 52.1 Å². The van der Waals surface area contributed by atoms with E-state index < -0.39 is 11.7 Å². The Morgan fingerprint density at radius 2 is 1.83 bits per heavy atom. The predicted molar refractivity (Wildman–Crippen MR) is 137 cm³/mol. The molecule has 1 N–H and O–H groups in total. The quantitative estimate of drug-likeness (QED) is 0.494. The first-order valence-electron chi connectivity index (χ1n) is 12.8. The Balaban J connectivity index is 1.46. The Morgan fingerprint density at radius 3 is 2.53 bits per heavy atom. The van der Waals surface area contributed by atoms with E-state index in [1.165, 1.54) is 41.0 Å². The second-order valence-electron chi connectivity index (χ2n) is 10.4. The van der Waals surface area contributed by atoms with Gasteiger partial charge in [-0.3, -0.25) is 9.69 Å². The average molecular weight is 503 g/mol. The van der Waals surface area contributed by atoms with Gasteiger partial charge in [-0.15, -0.1) is 0 Å². The van der Waals surface area contributed by atoms with Gasteiger partial charge in [-0.2, -0.15) is 13.2 Å². The minimum Gasteiger partial charge on any atom is -0.376 e. The Bertz CT molecular complexity index is 1050. The van der Waals surface area contributed by atoms with E-state index in [0.717, 1.165) is 37.2 Å². The molecule has 1 amide bonds. The van der Waals surface area contributed by atoms with Crippen LogP contribution in [0.25, 0.3) is 0 Å². The molecule has 4 rings (SSSR count). The second-order valence-corrected chi connectivity index (χ2v) is 10.4. The van der Waals surface area contributed by atoms with Crippen molar-refractivity contribution < 1.29 is 18.0 Å². The predicted octanol–water partition coefficient (Wildman–Crippen LogP) is 5.04. The lowest BCUT2D eigenvalue weighted by atomic mass is 9.92. The van der Waals surface area contributed by atoms with Crippen molar-refractivity contribution in [2.45, 2.75) is 44.9 Å². The Hall–Kier alpha value is -2.58. The molecule has 2 aromatic rings. The van der Waals surface area contributed by atoms with Crippen LogP contribution in [0.4, 0.5) is 18.9 Å². The number of hydrogen-bond donors (Lipinski definition) is 1. The van der Waals surface area contributed by atoms with Crippen LogP contribution in [-0.2, 0) is 23.9 Å². The smallest absolute Gasteiger partial charge is 0.376 e. The van der Waals surface area contributed by atoms with E-state index in [1.54, 1.807) is 6.07 Å². The summed E-state index contributed by atoms with van der Waals surface area (Å²) in [6, 6.07) is 12.0. The number of nitrogens with one attached hydrogen (secondary N) is 1. The van der Waals surface area contributed by atoms with E-state index in [0.29, 0.717) is 19.1 Å². The Labute approximate surface area is 212 Å². The molecule has 0 saturated heterocycles. The molecule has 36 heavy (non-hydrogen) atoms. The van der Waals surface area contributed by atoms with Crippen molar-refractivity contribution in [1.29, 1.82) is 0 Å². The van der Waals surface area contributed by atoms with Gasteiger partial charge < -0.3 is 15.1 Å². The molecule has 196 valence electrons. The van der Waals surface area contributed by atoms with Crippen molar-refractivity contribution in [2.24, 2.45) is 5.92 Å². The van der Waals surface area contributed by atoms with Crippen molar-refractivity contribution in [1.82, 2.24) is 14.7 Å². The summed E-state index contributed by atoms with van der Waals surface area (Å²) in [5.41, 5.74) is 2.90. The molecule has 2 aliphatic rings. The molecule has 0 aromatic heterocycles. The fourth-order valence-corrected chi connectivity index (χ4v) is 5.00. The third-order valence-electron chi connectivity index (χ3n) is 7.33. The number of alkyl halides is 3. The molecular formula is C28H37F3N4O. The van der Waals surface area contributed by atoms with Gasteiger partial charge >= 0.3 is 6.18 Å². The fourth-order valence-electron chi connectivity index (χ4n) is 5.00. The summed E-state index contributed by atoms with van der Waals surface area (Å²) in [6.45, 7) is 5.27. The summed E-state index contributed by atoms with van der Waals surface area (Å²) < 4.78 is 40.6. The number of likely N-dealkylation sites (N-methyl/N-ethyl adjacent to an activating group) is 1. The van der Waals surface area contributed by atoms with Crippen LogP contribution < -0.4 is 5.32 Å². The van der Waals surface area contributed by atoms with Crippen LogP contribution in [-0.4, -0.2) is 67.4 Å². The van der Waals surface area contributed by atoms with E-state index >= 15 is 0 Å². The Morgan fingerprint density at radius 1 is 1.08 bits per heavy atom. The molecule has 8 heteroatoms. The molecule has 0 spiro atoms. The maximum absolute atomic E-state index is 13.5. The van der Waals surface area contributed by atoms with Gasteiger partial charge in [-0.1, -0.05) is 30.3 Å². The molecule has 1 unspecified atom stereocenters. The normalized spacial score (nSPS) is 18.2. The maximum Gasteiger partial charge on any atom is 0.416 e. The van der Waals surface area contributed by atoms with E-state index in [-0.39, 0.29) is 24.6 Å². The number of benzene rings is 2. The number of rotatable bonds is 10. The number of halogens is 3. The highest BCUT2D eigenvalue weighted by molar-refractivity contribution is 5.81. The summed E-state index contributed by atoms with van der Waals surface area (Å²) >= 11 is 0. The van der Waals surface area contributed by atoms with Crippen LogP contribution in [0.3, 0.4) is 0 Å². The van der Waals surface area contributed by atoms with Crippen LogP contribution in [0.5, 0.6) is 0 Å². The molecule has 0 bridgehead atoms. The molecule has 1 heterocycles. The Kier molecular flexibility index (Phi) is 8.25. The van der Waals surface area contributed by atoms with Gasteiger partial charge in [0.25, 0.3) is 0 Å². The number of fused-ring (bicyclic) bond motifs is 1. The summed E-state index contributed by atoms with van der Waals surface area (Å²) in [7, 11) is 3.77. The first-order chi connectivity index (χ1) is 17.1. The van der Waals surface area contributed by atoms with Crippen molar-refractivity contribution >= 4 is 11.6 Å². The van der Waals surface area contributed by atoms with Gasteiger partial charge in [0.15, 0.2) is 0 Å². The highest BCUT2D eigenvalue weighted by Crippen LogP contribution is 2.38. The molecule has 1 aliphatic heterocycles. The topological polar surface area (TPSA) is 38.8 Å². The molecule has 1 fully saturated rings. The molecular weight excluding hydrogens is 465 g/mol. The van der Waals surface area contributed by atoms with Crippen LogP contribution in [0.1, 0.15) is 48.1 Å². The number of carbonyl (C=O) groups excluding carboxylic acids is 1. The first-order valence-corrected chi connectivity index (χ1v) is 12.8. The van der Waals surface area contributed by atoms with E-state index in [9.17, 15) is 18.0 Å². The van der Waals surface area contributed by atoms with Crippen LogP contribution in [0.15, 0.2) is 42.5 Å². The zero-order chi connectivity index (χ0) is 25.9. The standard InChI is InChI=1S/C28H37F3N4O/c1-20-23-8-6-10-26(24(23)13-14-34(20)18-21-11-12-21)32-17-27(36)35(16-15-33(2)3)19-22-7-4-5-9-25(22)28(29,30)31/h4-10,20-21,32H,11-19H2,1-3H3. The van der Waals surface area contributed by atoms with Gasteiger partial charge in [0.05, 0.1) is 12.1 Å². The largest absolute Gasteiger partial charge is 0.416 e. The lowest BCUT2D eigenvalue weighted by Gasteiger charge is -2.36. The number of nitrogens with zero attached hydrogens (tertiary/aromatic N) is 3. The highest BCUT2D eigenvalue weighted by Gasteiger charge is 2.34. The summed E-state index contributed by atoms with van der Waals surface area (Å²) in [5, 5.41) is 3.31. The number of anilines is 1. The summed E-state index contributed by atoms with van der Waals surface area (Å²) in [6.07, 6.45) is -0.875. The molecule has 2 aromatic carbocycles. The highest BCUT2D eigenvalue weighted by atomic mass is 19.4. The molecule has 0 radical (unpaired) electrons. The second kappa shape index (κ2) is 11.2. The lowest BCUT2D eigenvalue weighted by molar-refractivity contribution is -0.139. The minimum atomic E-state index is -4.46. The van der Waals surface area contributed by atoms with Crippen molar-refractivity contribution in [3.63, 3.8) is 0 Å². The number of amides is 1. The fraction of sp³-hybridized carbons (Fsp3) is 0.536. The van der Waals surface area contributed by atoms with Gasteiger partial charge in [0.1, 0.15) is 0 Å². The van der Waals surface area contributed by atoms with Crippen LogP contribution >= 0.6 is 0 Å². The summed E-state index contributed by atoms with van der Waals surface area (Å²) in [4.78, 5) is 19.3. The number of hydrogen-bond acceptors (Lipinski definition) is 4. The zero-order valence-corrected chi connectivity index (χ0v) is 21.4. The third-order valence-corrected chi connectivity index (χ3v) is 7.33. The van der Waals surface area contributed by atoms with Crippen LogP contribution in [0.2, 0.25) is 0 Å². The maximum atomic E-state index is 13.5. The van der Waals surface area contributed by atoms with E-state index in [1.807, 2.05) is 31.1 Å². The zero-order valence-electron chi connectivity index (χ0n) is 21.4. The van der Waals surface area contributed by atoms with Gasteiger partial charge in [-0.25, -0.2) is 0 Å². The minimum absolute atomic E-state index is 0.0399. The summed E-state index contributed by atoms with van der Waals surface area (Å²) in [5.74, 6) is 0.620. The molecule has 1 aliphatic carbocycles. The number of carbonyl (C=O) groups is 1. The lowest BCUT2D eigenvalue weighted by Crippen LogP contribution is -2.40. The van der Waals surface area contributed by atoms with E-state index in [2.05, 4.69) is 23.2 Å². The van der Waals surface area contributed by atoms with Crippen LogP contribution in [0, 0.1) is 5.92 Å². The molecule has 1 saturated carbocycles. The van der Waals surface area contributed by atoms with Crippen molar-refractivity contribution in [3.05, 3.63) is 64.7 Å². The van der Waals surface area contributed by atoms with Crippen molar-refractivity contribution in [3.8, 4) is 0 Å². The van der Waals surface area contributed by atoms with Gasteiger partial charge in [0.2, 0.25) is 5.91 Å². The average Bonchev–Trinajstić information content (AvgIpc) is 3.65. The first kappa shape index (κ1) is 26.5. The SMILES string of the molecule is CC1c2cccc(NCC(=O)N(CCN(C)C)Cc3ccccc3C(F)(F)F)c2CCN1CC1CC1. The van der Waals surface area contributed by atoms with Gasteiger partial charge in [-0.05, 0) is 75.0 Å². The molecule has 1 atom stereocenters. The monoisotopic (exact) mass is 502 g/mol. The molecule has 5 nitrogen and oxygen atoms in total. The third kappa shape index (κ3) is 6.59. The van der Waals surface area contributed by atoms with Gasteiger partial charge in [0, 0.05) is 44.5 Å².